The lowest BCUT2D eigenvalue weighted by atomic mass is 9.35. The monoisotopic (exact) mass is 533 g/mol. The van der Waals surface area contributed by atoms with Crippen LogP contribution in [-0.2, 0) is 24.6 Å². The Balaban J connectivity index is 1.37. The number of nitrogens with zero attached hydrogens (tertiary/aromatic N) is 3. The predicted octanol–water partition coefficient (Wildman–Crippen LogP) is 2.96. The summed E-state index contributed by atoms with van der Waals surface area (Å²) >= 11 is 0. The summed E-state index contributed by atoms with van der Waals surface area (Å²) in [5, 5.41) is 15.9. The molecule has 2 bridgehead atoms. The van der Waals surface area contributed by atoms with Gasteiger partial charge in [0.2, 0.25) is 23.6 Å². The number of amides is 4. The summed E-state index contributed by atoms with van der Waals surface area (Å²) in [6.07, 6.45) is 3.21. The molecule has 39 heavy (non-hydrogen) atoms. The van der Waals surface area contributed by atoms with Crippen LogP contribution in [0.5, 0.6) is 0 Å². The average molecular weight is 534 g/mol. The Morgan fingerprint density at radius 3 is 2.46 bits per heavy atom. The molecule has 1 saturated heterocycles. The quantitative estimate of drug-likeness (QED) is 0.532. The molecule has 4 amide bonds. The third-order valence-corrected chi connectivity index (χ3v) is 9.39. The molecule has 0 aromatic heterocycles. The number of fused-ring (bicyclic) bond motifs is 2. The third-order valence-electron chi connectivity index (χ3n) is 9.39. The van der Waals surface area contributed by atoms with Crippen molar-refractivity contribution in [3.63, 3.8) is 0 Å². The number of carbonyl (C=O) groups is 4. The summed E-state index contributed by atoms with van der Waals surface area (Å²) in [5.74, 6) is -0.826. The first-order chi connectivity index (χ1) is 18.4. The van der Waals surface area contributed by atoms with Crippen LogP contribution in [0.1, 0.15) is 72.3 Å². The molecular formula is C30H39N5O4. The minimum absolute atomic E-state index is 0.0770. The molecule has 208 valence electrons. The molecule has 9 nitrogen and oxygen atoms in total. The van der Waals surface area contributed by atoms with Crippen LogP contribution < -0.4 is 10.6 Å². The maximum atomic E-state index is 14.2. The van der Waals surface area contributed by atoms with Crippen LogP contribution in [-0.4, -0.2) is 64.6 Å². The second-order valence-corrected chi connectivity index (χ2v) is 13.0. The van der Waals surface area contributed by atoms with Gasteiger partial charge in [-0.2, -0.15) is 5.26 Å². The zero-order valence-electron chi connectivity index (χ0n) is 23.5. The molecule has 1 aromatic rings. The van der Waals surface area contributed by atoms with Crippen molar-refractivity contribution in [3.05, 3.63) is 29.8 Å². The lowest BCUT2D eigenvalue weighted by Crippen LogP contribution is -2.68. The summed E-state index contributed by atoms with van der Waals surface area (Å²) in [7, 11) is 0. The number of rotatable bonds is 8. The molecule has 5 aliphatic rings. The summed E-state index contributed by atoms with van der Waals surface area (Å²) in [6.45, 7) is 10.0. The number of nitrogens with one attached hydrogen (secondary N) is 2. The van der Waals surface area contributed by atoms with Crippen molar-refractivity contribution < 1.29 is 19.2 Å². The molecule has 2 aliphatic heterocycles. The van der Waals surface area contributed by atoms with Crippen LogP contribution in [0.25, 0.3) is 0 Å². The molecular weight excluding hydrogens is 494 g/mol. The Labute approximate surface area is 230 Å². The first kappa shape index (κ1) is 27.2. The maximum Gasteiger partial charge on any atom is 0.246 e. The largest absolute Gasteiger partial charge is 0.344 e. The number of anilines is 1. The van der Waals surface area contributed by atoms with E-state index in [1.807, 2.05) is 45.0 Å². The fourth-order valence-corrected chi connectivity index (χ4v) is 7.71. The minimum atomic E-state index is -0.989. The molecule has 9 heteroatoms. The first-order valence-corrected chi connectivity index (χ1v) is 14.1. The molecule has 1 aromatic carbocycles. The number of para-hydroxylation sites is 1. The van der Waals surface area contributed by atoms with Gasteiger partial charge in [-0.05, 0) is 62.5 Å². The highest BCUT2D eigenvalue weighted by atomic mass is 16.2. The lowest BCUT2D eigenvalue weighted by molar-refractivity contribution is -0.200. The number of carbonyl (C=O) groups excluding carboxylic acids is 4. The van der Waals surface area contributed by atoms with E-state index in [9.17, 15) is 24.4 Å². The number of hydrogen-bond donors (Lipinski definition) is 2. The van der Waals surface area contributed by atoms with E-state index in [0.29, 0.717) is 12.1 Å². The summed E-state index contributed by atoms with van der Waals surface area (Å²) in [4.78, 5) is 57.1. The summed E-state index contributed by atoms with van der Waals surface area (Å²) in [6, 6.07) is 7.28. The van der Waals surface area contributed by atoms with E-state index < -0.39 is 23.5 Å². The van der Waals surface area contributed by atoms with E-state index in [1.54, 1.807) is 11.8 Å². The van der Waals surface area contributed by atoms with Crippen LogP contribution in [0.4, 0.5) is 5.69 Å². The number of likely N-dealkylation sites (tertiary alicyclic amines) is 1. The highest BCUT2D eigenvalue weighted by molar-refractivity contribution is 6.07. The fraction of sp³-hybridized carbons (Fsp3) is 0.633. The van der Waals surface area contributed by atoms with Crippen molar-refractivity contribution in [1.82, 2.24) is 15.1 Å². The van der Waals surface area contributed by atoms with Crippen LogP contribution in [0.15, 0.2) is 24.3 Å². The molecule has 4 fully saturated rings. The number of hydrogen-bond acceptors (Lipinski definition) is 5. The second-order valence-electron chi connectivity index (χ2n) is 13.0. The molecule has 0 unspecified atom stereocenters. The standard InChI is InChI=1S/C30H39N5O4/c1-6-34(24(36)19(4)32-26(38)29-14-28(5,15-29)16-29)23(11-18(2)3)25(37)35-17-30(12-20(35)13-31)21-9-7-8-10-22(21)33-27(30)39/h7-10,18-20,23H,6,11-12,14-17H2,1-5H3,(H,32,38)(H,33,39)/t19-,20-,23-,28?,29?,30-/m0/s1. The van der Waals surface area contributed by atoms with Crippen LogP contribution in [0.3, 0.4) is 0 Å². The zero-order valence-corrected chi connectivity index (χ0v) is 23.5. The van der Waals surface area contributed by atoms with Crippen LogP contribution in [0.2, 0.25) is 0 Å². The first-order valence-electron chi connectivity index (χ1n) is 14.1. The van der Waals surface area contributed by atoms with Crippen molar-refractivity contribution >= 4 is 29.3 Å². The van der Waals surface area contributed by atoms with E-state index >= 15 is 0 Å². The van der Waals surface area contributed by atoms with Gasteiger partial charge >= 0.3 is 0 Å². The Morgan fingerprint density at radius 1 is 1.21 bits per heavy atom. The Bertz CT molecular complexity index is 1250. The fourth-order valence-electron chi connectivity index (χ4n) is 7.71. The van der Waals surface area contributed by atoms with Gasteiger partial charge in [-0.1, -0.05) is 39.0 Å². The Kier molecular flexibility index (Phi) is 6.52. The van der Waals surface area contributed by atoms with Gasteiger partial charge in [-0.15, -0.1) is 0 Å². The molecule has 6 rings (SSSR count). The van der Waals surface area contributed by atoms with Gasteiger partial charge in [-0.3, -0.25) is 19.2 Å². The Hall–Kier alpha value is -3.41. The van der Waals surface area contributed by atoms with Crippen molar-refractivity contribution in [2.45, 2.75) is 90.3 Å². The minimum Gasteiger partial charge on any atom is -0.344 e. The molecule has 0 radical (unpaired) electrons. The number of benzene rings is 1. The van der Waals surface area contributed by atoms with E-state index in [4.69, 9.17) is 0 Å². The van der Waals surface area contributed by atoms with Gasteiger partial charge < -0.3 is 20.4 Å². The second kappa shape index (κ2) is 9.35. The third kappa shape index (κ3) is 4.19. The van der Waals surface area contributed by atoms with Gasteiger partial charge in [0.05, 0.1) is 16.9 Å². The molecule has 2 N–H and O–H groups in total. The van der Waals surface area contributed by atoms with E-state index in [2.05, 4.69) is 23.6 Å². The molecule has 2 heterocycles. The van der Waals surface area contributed by atoms with Gasteiger partial charge in [0.1, 0.15) is 18.1 Å². The number of nitriles is 1. The Morgan fingerprint density at radius 2 is 1.87 bits per heavy atom. The maximum absolute atomic E-state index is 14.2. The SMILES string of the molecule is CCN(C(=O)[C@H](C)NC(=O)C12CC(C)(C1)C2)[C@@H](CC(C)C)C(=O)N1C[C@]2(C[C@H]1C#N)C(=O)Nc1ccccc12. The highest BCUT2D eigenvalue weighted by Gasteiger charge is 2.69. The normalized spacial score (nSPS) is 31.5. The van der Waals surface area contributed by atoms with Crippen molar-refractivity contribution in [1.29, 1.82) is 5.26 Å². The number of likely N-dealkylation sites (N-methyl/N-ethyl adjacent to an activating group) is 1. The highest BCUT2D eigenvalue weighted by Crippen LogP contribution is 2.73. The average Bonchev–Trinajstić information content (AvgIpc) is 3.38. The molecule has 4 atom stereocenters. The van der Waals surface area contributed by atoms with Gasteiger partial charge in [-0.25, -0.2) is 0 Å². The van der Waals surface area contributed by atoms with Gasteiger partial charge in [0.25, 0.3) is 0 Å². The van der Waals surface area contributed by atoms with Crippen molar-refractivity contribution in [2.75, 3.05) is 18.4 Å². The van der Waals surface area contributed by atoms with E-state index in [0.717, 1.165) is 24.8 Å². The predicted molar refractivity (Wildman–Crippen MR) is 145 cm³/mol. The lowest BCUT2D eigenvalue weighted by Gasteiger charge is -2.68. The zero-order chi connectivity index (χ0) is 28.3. The molecule has 3 aliphatic carbocycles. The smallest absolute Gasteiger partial charge is 0.246 e. The summed E-state index contributed by atoms with van der Waals surface area (Å²) < 4.78 is 0. The van der Waals surface area contributed by atoms with Gasteiger partial charge in [0.15, 0.2) is 0 Å². The van der Waals surface area contributed by atoms with Crippen molar-refractivity contribution in [2.24, 2.45) is 16.7 Å². The van der Waals surface area contributed by atoms with Crippen molar-refractivity contribution in [3.8, 4) is 6.07 Å². The van der Waals surface area contributed by atoms with E-state index in [-0.39, 0.29) is 59.9 Å². The summed E-state index contributed by atoms with van der Waals surface area (Å²) in [5.41, 5.74) is 0.454. The van der Waals surface area contributed by atoms with Gasteiger partial charge in [0, 0.05) is 25.2 Å². The topological polar surface area (TPSA) is 123 Å². The van der Waals surface area contributed by atoms with E-state index in [1.165, 1.54) is 4.90 Å². The molecule has 3 saturated carbocycles. The molecule has 1 spiro atoms. The van der Waals surface area contributed by atoms with Crippen LogP contribution in [0, 0.1) is 28.1 Å². The van der Waals surface area contributed by atoms with Crippen LogP contribution >= 0.6 is 0 Å².